The van der Waals surface area contributed by atoms with E-state index >= 15 is 0 Å². The van der Waals surface area contributed by atoms with E-state index in [2.05, 4.69) is 0 Å². The van der Waals surface area contributed by atoms with Gasteiger partial charge in [-0.1, -0.05) is 0 Å². The Morgan fingerprint density at radius 2 is 1.35 bits per heavy atom. The molecule has 0 amide bonds. The molecule has 0 bridgehead atoms. The molecule has 5 N–H and O–H groups in total. The van der Waals surface area contributed by atoms with E-state index in [1.807, 2.05) is 0 Å². The van der Waals surface area contributed by atoms with Crippen LogP contribution >= 0.6 is 7.60 Å². The summed E-state index contributed by atoms with van der Waals surface area (Å²) in [4.78, 5) is 49.2. The first-order valence-corrected chi connectivity index (χ1v) is 5.95. The molecule has 0 spiro atoms. The summed E-state index contributed by atoms with van der Waals surface area (Å²) in [5, 5.41) is 25.5. The number of hydrogen-bond donors (Lipinski definition) is 5. The van der Waals surface area contributed by atoms with Crippen LogP contribution in [0.15, 0.2) is 0 Å². The lowest BCUT2D eigenvalue weighted by Crippen LogP contribution is -2.32. The van der Waals surface area contributed by atoms with E-state index in [0.29, 0.717) is 0 Å². The van der Waals surface area contributed by atoms with Crippen LogP contribution in [0.4, 0.5) is 0 Å². The predicted molar refractivity (Wildman–Crippen MR) is 51.5 cm³/mol. The Labute approximate surface area is 94.8 Å². The molecule has 2 atom stereocenters. The average Bonchev–Trinajstić information content (AvgIpc) is 2.07. The molecule has 0 saturated heterocycles. The number of rotatable bonds is 7. The van der Waals surface area contributed by atoms with Gasteiger partial charge in [0.1, 0.15) is 0 Å². The molecule has 0 aromatic rings. The van der Waals surface area contributed by atoms with Gasteiger partial charge >= 0.3 is 25.5 Å². The monoisotopic (exact) mass is 270 g/mol. The lowest BCUT2D eigenvalue weighted by Gasteiger charge is -2.22. The maximum atomic E-state index is 11.0. The number of carbonyl (C=O) groups is 3. The summed E-state index contributed by atoms with van der Waals surface area (Å²) >= 11 is 0. The molecule has 98 valence electrons. The van der Waals surface area contributed by atoms with Crippen LogP contribution in [0.5, 0.6) is 0 Å². The van der Waals surface area contributed by atoms with Crippen LogP contribution in [0.3, 0.4) is 0 Å². The molecule has 10 heteroatoms. The quantitative estimate of drug-likeness (QED) is 0.371. The van der Waals surface area contributed by atoms with Gasteiger partial charge in [-0.15, -0.1) is 0 Å². The zero-order valence-corrected chi connectivity index (χ0v) is 9.28. The maximum absolute atomic E-state index is 11.0. The smallest absolute Gasteiger partial charge is 0.330 e. The van der Waals surface area contributed by atoms with Crippen LogP contribution in [0.1, 0.15) is 12.8 Å². The normalized spacial score (nSPS) is 14.9. The summed E-state index contributed by atoms with van der Waals surface area (Å²) in [6.45, 7) is 0. The van der Waals surface area contributed by atoms with Crippen molar-refractivity contribution >= 4 is 25.5 Å². The number of hydrogen-bond acceptors (Lipinski definition) is 4. The molecule has 9 nitrogen and oxygen atoms in total. The Morgan fingerprint density at radius 3 is 1.59 bits per heavy atom. The highest BCUT2D eigenvalue weighted by molar-refractivity contribution is 7.52. The van der Waals surface area contributed by atoms with Crippen LogP contribution < -0.4 is 0 Å². The summed E-state index contributed by atoms with van der Waals surface area (Å²) in [7, 11) is -5.02. The average molecular weight is 270 g/mol. The Bertz CT molecular complexity index is 370. The van der Waals surface area contributed by atoms with E-state index in [1.54, 1.807) is 0 Å². The van der Waals surface area contributed by atoms with Crippen LogP contribution in [0.25, 0.3) is 0 Å². The molecule has 0 saturated carbocycles. The maximum Gasteiger partial charge on any atom is 0.330 e. The Kier molecular flexibility index (Phi) is 5.27. The van der Waals surface area contributed by atoms with Gasteiger partial charge in [-0.2, -0.15) is 0 Å². The summed E-state index contributed by atoms with van der Waals surface area (Å²) in [5.74, 6) is -6.91. The van der Waals surface area contributed by atoms with Crippen LogP contribution in [0, 0.1) is 5.92 Å². The second-order valence-electron chi connectivity index (χ2n) is 3.30. The lowest BCUT2D eigenvalue weighted by molar-refractivity contribution is -0.149. The molecule has 0 rings (SSSR count). The first kappa shape index (κ1) is 15.6. The standard InChI is InChI=1S/C7H11O9P/c8-5(9)1-3(7(12)13)4(2-6(10)11)17(14,15)16/h3-4H,1-2H2,(H,8,9)(H,10,11)(H,12,13)(H2,14,15,16). The van der Waals surface area contributed by atoms with E-state index in [4.69, 9.17) is 25.1 Å². The number of aliphatic carboxylic acids is 3. The predicted octanol–water partition coefficient (Wildman–Crippen LogP) is -0.817. The first-order valence-electron chi connectivity index (χ1n) is 4.27. The minimum atomic E-state index is -5.02. The van der Waals surface area contributed by atoms with Gasteiger partial charge < -0.3 is 25.1 Å². The van der Waals surface area contributed by atoms with Gasteiger partial charge in [0.2, 0.25) is 0 Å². The second kappa shape index (κ2) is 5.76. The fourth-order valence-corrected chi connectivity index (χ4v) is 2.35. The highest BCUT2D eigenvalue weighted by atomic mass is 31.2. The topological polar surface area (TPSA) is 169 Å². The van der Waals surface area contributed by atoms with Gasteiger partial charge in [0, 0.05) is 0 Å². The molecule has 0 fully saturated rings. The molecule has 17 heavy (non-hydrogen) atoms. The third-order valence-corrected chi connectivity index (χ3v) is 3.40. The lowest BCUT2D eigenvalue weighted by atomic mass is 9.99. The van der Waals surface area contributed by atoms with Crippen molar-refractivity contribution in [1.82, 2.24) is 0 Å². The number of carboxylic acids is 3. The minimum absolute atomic E-state index is 1.06. The van der Waals surface area contributed by atoms with Crippen molar-refractivity contribution in [3.63, 3.8) is 0 Å². The highest BCUT2D eigenvalue weighted by Crippen LogP contribution is 2.47. The van der Waals surface area contributed by atoms with Gasteiger partial charge in [0.05, 0.1) is 24.4 Å². The molecular weight excluding hydrogens is 259 g/mol. The molecule has 0 aromatic carbocycles. The second-order valence-corrected chi connectivity index (χ2v) is 5.14. The molecule has 0 heterocycles. The molecule has 0 aliphatic heterocycles. The van der Waals surface area contributed by atoms with Crippen molar-refractivity contribution in [2.24, 2.45) is 5.92 Å². The van der Waals surface area contributed by atoms with E-state index in [1.165, 1.54) is 0 Å². The van der Waals surface area contributed by atoms with Gasteiger partial charge in [-0.05, 0) is 0 Å². The molecule has 2 unspecified atom stereocenters. The third-order valence-electron chi connectivity index (χ3n) is 1.99. The summed E-state index contributed by atoms with van der Waals surface area (Å²) in [6, 6.07) is 0. The fraction of sp³-hybridized carbons (Fsp3) is 0.571. The van der Waals surface area contributed by atoms with Crippen molar-refractivity contribution in [1.29, 1.82) is 0 Å². The van der Waals surface area contributed by atoms with Gasteiger partial charge in [-0.25, -0.2) is 0 Å². The van der Waals surface area contributed by atoms with Gasteiger partial charge in [0.25, 0.3) is 0 Å². The highest BCUT2D eigenvalue weighted by Gasteiger charge is 2.42. The van der Waals surface area contributed by atoms with Crippen molar-refractivity contribution in [3.8, 4) is 0 Å². The summed E-state index contributed by atoms with van der Waals surface area (Å²) < 4.78 is 11.0. The molecule has 0 aliphatic carbocycles. The molecule has 0 aromatic heterocycles. The van der Waals surface area contributed by atoms with E-state index < -0.39 is 49.9 Å². The molecule has 0 aliphatic rings. The van der Waals surface area contributed by atoms with E-state index in [0.717, 1.165) is 0 Å². The number of carboxylic acid groups (broad SMARTS) is 3. The largest absolute Gasteiger partial charge is 0.481 e. The van der Waals surface area contributed by atoms with Crippen LogP contribution in [-0.2, 0) is 18.9 Å². The Hall–Kier alpha value is -1.44. The molecule has 0 radical (unpaired) electrons. The van der Waals surface area contributed by atoms with Crippen molar-refractivity contribution < 1.29 is 44.1 Å². The zero-order valence-electron chi connectivity index (χ0n) is 8.39. The minimum Gasteiger partial charge on any atom is -0.481 e. The first-order chi connectivity index (χ1) is 7.55. The van der Waals surface area contributed by atoms with Crippen molar-refractivity contribution in [2.45, 2.75) is 18.5 Å². The van der Waals surface area contributed by atoms with Crippen LogP contribution in [0.2, 0.25) is 0 Å². The van der Waals surface area contributed by atoms with Crippen molar-refractivity contribution in [2.75, 3.05) is 0 Å². The van der Waals surface area contributed by atoms with Gasteiger partial charge in [0.15, 0.2) is 0 Å². The molecular formula is C7H11O9P. The van der Waals surface area contributed by atoms with E-state index in [9.17, 15) is 18.9 Å². The summed E-state index contributed by atoms with van der Waals surface area (Å²) in [5.41, 5.74) is -2.06. The van der Waals surface area contributed by atoms with Crippen molar-refractivity contribution in [3.05, 3.63) is 0 Å². The van der Waals surface area contributed by atoms with Gasteiger partial charge in [-0.3, -0.25) is 18.9 Å². The zero-order chi connectivity index (χ0) is 13.8. The third kappa shape index (κ3) is 5.43. The summed E-state index contributed by atoms with van der Waals surface area (Å²) in [6.07, 6.45) is -2.17. The van der Waals surface area contributed by atoms with E-state index in [-0.39, 0.29) is 0 Å². The SMILES string of the molecule is O=C(O)CC(C(=O)O)C(CC(=O)O)P(=O)(O)O. The Morgan fingerprint density at radius 1 is 0.941 bits per heavy atom. The Balaban J connectivity index is 5.21. The fourth-order valence-electron chi connectivity index (χ4n) is 1.25. The van der Waals surface area contributed by atoms with Crippen LogP contribution in [-0.4, -0.2) is 48.7 Å².